The summed E-state index contributed by atoms with van der Waals surface area (Å²) >= 11 is 3.26. The molecule has 0 spiro atoms. The number of thiophene rings is 1. The summed E-state index contributed by atoms with van der Waals surface area (Å²) in [5, 5.41) is 3.89. The third-order valence-corrected chi connectivity index (χ3v) is 8.29. The van der Waals surface area contributed by atoms with Gasteiger partial charge in [0.2, 0.25) is 12.7 Å². The van der Waals surface area contributed by atoms with E-state index in [1.165, 1.54) is 16.9 Å². The minimum Gasteiger partial charge on any atom is -0.454 e. The number of thioether (sulfide) groups is 1. The normalized spacial score (nSPS) is 15.0. The van der Waals surface area contributed by atoms with Gasteiger partial charge in [-0.1, -0.05) is 6.07 Å². The van der Waals surface area contributed by atoms with Gasteiger partial charge in [-0.2, -0.15) is 11.8 Å². The van der Waals surface area contributed by atoms with Gasteiger partial charge in [-0.25, -0.2) is 4.98 Å². The maximum Gasteiger partial charge on any atom is 0.259 e. The molecule has 0 fully saturated rings. The van der Waals surface area contributed by atoms with E-state index in [-0.39, 0.29) is 18.3 Å². The second kappa shape index (κ2) is 9.02. The first-order valence-corrected chi connectivity index (χ1v) is 13.2. The van der Waals surface area contributed by atoms with Crippen LogP contribution in [0.15, 0.2) is 23.0 Å². The molecular formula is C24H27N3O4S2. The minimum atomic E-state index is -0.529. The number of aromatic amines is 1. The van der Waals surface area contributed by atoms with E-state index in [9.17, 15) is 9.59 Å². The predicted octanol–water partition coefficient (Wildman–Crippen LogP) is 4.27. The summed E-state index contributed by atoms with van der Waals surface area (Å²) < 4.78 is 10.8. The Kier molecular flexibility index (Phi) is 6.09. The number of benzene rings is 1. The second-order valence-corrected chi connectivity index (χ2v) is 11.1. The van der Waals surface area contributed by atoms with E-state index < -0.39 is 5.54 Å². The van der Waals surface area contributed by atoms with Crippen LogP contribution in [0.2, 0.25) is 0 Å². The molecule has 1 amide bonds. The number of aromatic nitrogens is 2. The lowest BCUT2D eigenvalue weighted by Gasteiger charge is -2.27. The highest BCUT2D eigenvalue weighted by Gasteiger charge is 2.25. The predicted molar refractivity (Wildman–Crippen MR) is 131 cm³/mol. The van der Waals surface area contributed by atoms with E-state index in [0.717, 1.165) is 40.8 Å². The number of ether oxygens (including phenoxy) is 2. The summed E-state index contributed by atoms with van der Waals surface area (Å²) in [4.78, 5) is 35.1. The average Bonchev–Trinajstić information content (AvgIpc) is 3.40. The van der Waals surface area contributed by atoms with Gasteiger partial charge in [-0.3, -0.25) is 9.59 Å². The summed E-state index contributed by atoms with van der Waals surface area (Å²) in [5.41, 5.74) is 1.61. The van der Waals surface area contributed by atoms with Crippen molar-refractivity contribution in [3.63, 3.8) is 0 Å². The first-order valence-electron chi connectivity index (χ1n) is 11.2. The zero-order valence-electron chi connectivity index (χ0n) is 18.8. The molecule has 2 aliphatic rings. The summed E-state index contributed by atoms with van der Waals surface area (Å²) in [5.74, 6) is 3.31. The van der Waals surface area contributed by atoms with Crippen LogP contribution in [-0.2, 0) is 28.9 Å². The summed E-state index contributed by atoms with van der Waals surface area (Å²) in [6, 6.07) is 5.73. The number of nitrogens with one attached hydrogen (secondary N) is 2. The van der Waals surface area contributed by atoms with Gasteiger partial charge in [0.1, 0.15) is 10.7 Å². The van der Waals surface area contributed by atoms with Crippen molar-refractivity contribution >= 4 is 39.2 Å². The van der Waals surface area contributed by atoms with Crippen molar-refractivity contribution in [2.45, 2.75) is 57.2 Å². The van der Waals surface area contributed by atoms with Crippen LogP contribution in [0.25, 0.3) is 10.2 Å². The molecule has 0 saturated carbocycles. The number of fused-ring (bicyclic) bond motifs is 4. The number of carbonyl (C=O) groups excluding carboxylic acids is 1. The molecular weight excluding hydrogens is 458 g/mol. The molecule has 3 heterocycles. The molecule has 1 aromatic carbocycles. The molecule has 5 rings (SSSR count). The minimum absolute atomic E-state index is 0.0204. The lowest BCUT2D eigenvalue weighted by atomic mass is 9.93. The summed E-state index contributed by atoms with van der Waals surface area (Å²) in [7, 11) is 0. The fraction of sp³-hybridized carbons (Fsp3) is 0.458. The second-order valence-electron chi connectivity index (χ2n) is 8.95. The van der Waals surface area contributed by atoms with Crippen molar-refractivity contribution in [3.8, 4) is 11.5 Å². The molecule has 7 nitrogen and oxygen atoms in total. The van der Waals surface area contributed by atoms with E-state index >= 15 is 0 Å². The van der Waals surface area contributed by atoms with Crippen LogP contribution in [0, 0.1) is 0 Å². The van der Waals surface area contributed by atoms with Crippen LogP contribution in [-0.4, -0.2) is 28.4 Å². The molecule has 1 aliphatic heterocycles. The molecule has 9 heteroatoms. The standard InChI is InChI=1S/C24H27N3O4S2/c1-24(2,14-7-8-16-17(11-14)31-13-30-16)27-20(28)9-10-32-12-19-25-22(29)21-15-5-3-4-6-18(15)33-23(21)26-19/h7-8,11H,3-6,9-10,12-13H2,1-2H3,(H,27,28)(H,25,26,29). The molecule has 0 atom stereocenters. The Hall–Kier alpha value is -2.52. The monoisotopic (exact) mass is 485 g/mol. The van der Waals surface area contributed by atoms with Crippen LogP contribution < -0.4 is 20.3 Å². The number of H-pyrrole nitrogens is 1. The van der Waals surface area contributed by atoms with E-state index in [1.54, 1.807) is 23.1 Å². The molecule has 1 aliphatic carbocycles. The number of hydrogen-bond acceptors (Lipinski definition) is 7. The van der Waals surface area contributed by atoms with E-state index in [4.69, 9.17) is 14.5 Å². The fourth-order valence-corrected chi connectivity index (χ4v) is 6.46. The third-order valence-electron chi connectivity index (χ3n) is 6.13. The van der Waals surface area contributed by atoms with Gasteiger partial charge in [-0.05, 0) is 62.8 Å². The van der Waals surface area contributed by atoms with Gasteiger partial charge in [-0.15, -0.1) is 11.3 Å². The largest absolute Gasteiger partial charge is 0.454 e. The first-order chi connectivity index (χ1) is 15.9. The van der Waals surface area contributed by atoms with Crippen molar-refractivity contribution in [3.05, 3.63) is 50.4 Å². The summed E-state index contributed by atoms with van der Waals surface area (Å²) in [6.07, 6.45) is 4.75. The van der Waals surface area contributed by atoms with Crippen LogP contribution in [0.4, 0.5) is 0 Å². The molecule has 0 radical (unpaired) electrons. The lowest BCUT2D eigenvalue weighted by Crippen LogP contribution is -2.41. The Balaban J connectivity index is 1.15. The number of rotatable bonds is 7. The Labute approximate surface area is 200 Å². The van der Waals surface area contributed by atoms with Crippen molar-refractivity contribution in [1.82, 2.24) is 15.3 Å². The van der Waals surface area contributed by atoms with Gasteiger partial charge in [0.15, 0.2) is 11.5 Å². The van der Waals surface area contributed by atoms with Gasteiger partial charge in [0.25, 0.3) is 5.56 Å². The van der Waals surface area contributed by atoms with E-state index in [2.05, 4.69) is 10.3 Å². The Morgan fingerprint density at radius 3 is 2.94 bits per heavy atom. The zero-order chi connectivity index (χ0) is 23.0. The van der Waals surface area contributed by atoms with Gasteiger partial charge in [0, 0.05) is 17.1 Å². The SMILES string of the molecule is CC(C)(NC(=O)CCSCc1nc2sc3c(c2c(=O)[nH]1)CCCC3)c1ccc2c(c1)OCO2. The topological polar surface area (TPSA) is 93.3 Å². The van der Waals surface area contributed by atoms with Gasteiger partial charge >= 0.3 is 0 Å². The molecule has 0 bridgehead atoms. The molecule has 0 unspecified atom stereocenters. The van der Waals surface area contributed by atoms with Crippen molar-refractivity contribution in [2.24, 2.45) is 0 Å². The van der Waals surface area contributed by atoms with Crippen LogP contribution in [0.5, 0.6) is 11.5 Å². The molecule has 174 valence electrons. The van der Waals surface area contributed by atoms with Gasteiger partial charge in [0.05, 0.1) is 16.7 Å². The van der Waals surface area contributed by atoms with Crippen LogP contribution in [0.1, 0.15) is 54.9 Å². The molecule has 2 aromatic heterocycles. The van der Waals surface area contributed by atoms with Crippen LogP contribution in [0.3, 0.4) is 0 Å². The number of carbonyl (C=O) groups is 1. The van der Waals surface area contributed by atoms with Gasteiger partial charge < -0.3 is 19.8 Å². The molecule has 3 aromatic rings. The van der Waals surface area contributed by atoms with Crippen molar-refractivity contribution in [1.29, 1.82) is 0 Å². The summed E-state index contributed by atoms with van der Waals surface area (Å²) in [6.45, 7) is 4.17. The zero-order valence-corrected chi connectivity index (χ0v) is 20.4. The molecule has 2 N–H and O–H groups in total. The number of nitrogens with zero attached hydrogens (tertiary/aromatic N) is 1. The maximum absolute atomic E-state index is 12.7. The Morgan fingerprint density at radius 2 is 2.06 bits per heavy atom. The highest BCUT2D eigenvalue weighted by atomic mass is 32.2. The first kappa shape index (κ1) is 22.3. The van der Waals surface area contributed by atoms with Crippen molar-refractivity contribution in [2.75, 3.05) is 12.5 Å². The highest BCUT2D eigenvalue weighted by Crippen LogP contribution is 2.36. The van der Waals surface area contributed by atoms with E-state index in [1.807, 2.05) is 32.0 Å². The highest BCUT2D eigenvalue weighted by molar-refractivity contribution is 7.98. The number of hydrogen-bond donors (Lipinski definition) is 2. The Bertz CT molecular complexity index is 1260. The lowest BCUT2D eigenvalue weighted by molar-refractivity contribution is -0.122. The number of amides is 1. The fourth-order valence-electron chi connectivity index (χ4n) is 4.38. The smallest absolute Gasteiger partial charge is 0.259 e. The number of aryl methyl sites for hydroxylation is 2. The Morgan fingerprint density at radius 1 is 1.24 bits per heavy atom. The van der Waals surface area contributed by atoms with Crippen LogP contribution >= 0.6 is 23.1 Å². The molecule has 0 saturated heterocycles. The van der Waals surface area contributed by atoms with E-state index in [0.29, 0.717) is 29.5 Å². The van der Waals surface area contributed by atoms with Crippen molar-refractivity contribution < 1.29 is 14.3 Å². The molecule has 33 heavy (non-hydrogen) atoms. The quantitative estimate of drug-likeness (QED) is 0.486. The maximum atomic E-state index is 12.7. The third kappa shape index (κ3) is 4.61. The average molecular weight is 486 g/mol.